The molecule has 1 amide bonds. The molecule has 0 fully saturated rings. The fourth-order valence-corrected chi connectivity index (χ4v) is 2.84. The molecule has 0 spiro atoms. The fraction of sp³-hybridized carbons (Fsp3) is 0.353. The number of carboxylic acid groups (broad SMARTS) is 1. The van der Waals surface area contributed by atoms with Gasteiger partial charge in [-0.15, -0.1) is 0 Å². The summed E-state index contributed by atoms with van der Waals surface area (Å²) in [6, 6.07) is 3.69. The molecule has 0 aliphatic carbocycles. The Labute approximate surface area is 149 Å². The molecule has 0 saturated carbocycles. The molecule has 4 bridgehead atoms. The quantitative estimate of drug-likeness (QED) is 0.809. The van der Waals surface area contributed by atoms with Crippen molar-refractivity contribution in [2.45, 2.75) is 31.8 Å². The third kappa shape index (κ3) is 4.30. The Morgan fingerprint density at radius 3 is 3.04 bits per heavy atom. The number of aromatic nitrogens is 2. The molecule has 8 heteroatoms. The number of nitrogens with zero attached hydrogens (tertiary/aromatic N) is 2. The first kappa shape index (κ1) is 17.3. The minimum atomic E-state index is -1.13. The first-order valence-electron chi connectivity index (χ1n) is 7.99. The van der Waals surface area contributed by atoms with E-state index in [9.17, 15) is 14.7 Å². The van der Waals surface area contributed by atoms with Gasteiger partial charge in [0.1, 0.15) is 11.8 Å². The monoisotopic (exact) mass is 363 g/mol. The highest BCUT2D eigenvalue weighted by Gasteiger charge is 2.23. The molecule has 25 heavy (non-hydrogen) atoms. The molecule has 7 nitrogen and oxygen atoms in total. The number of carbonyl (C=O) groups is 2. The number of hydrogen-bond donors (Lipinski definition) is 2. The van der Waals surface area contributed by atoms with Gasteiger partial charge in [0, 0.05) is 19.2 Å². The maximum Gasteiger partial charge on any atom is 0.326 e. The number of amides is 1. The number of nitrogens with one attached hydrogen (secondary N) is 1. The zero-order chi connectivity index (χ0) is 17.8. The van der Waals surface area contributed by atoms with E-state index in [1.165, 1.54) is 6.07 Å². The number of rotatable bonds is 1. The molecule has 2 heterocycles. The number of aliphatic carboxylic acids is 1. The van der Waals surface area contributed by atoms with Gasteiger partial charge in [-0.3, -0.25) is 4.79 Å². The number of hydrogen-bond acceptors (Lipinski definition) is 4. The minimum Gasteiger partial charge on any atom is -0.494 e. The Hall–Kier alpha value is -2.54. The summed E-state index contributed by atoms with van der Waals surface area (Å²) >= 11 is 6.09. The van der Waals surface area contributed by atoms with Crippen LogP contribution in [0.1, 0.15) is 28.9 Å². The van der Waals surface area contributed by atoms with Crippen molar-refractivity contribution in [3.63, 3.8) is 0 Å². The molecule has 132 valence electrons. The van der Waals surface area contributed by atoms with Crippen LogP contribution in [0, 0.1) is 0 Å². The molecule has 1 atom stereocenters. The standard InChI is InChI=1S/C17H18ClN3O4/c18-14-4-3-12-8-13(14)16(22)20-15(17(23)24)7-11-9-21(10-19-11)5-1-2-6-25-12/h3-4,8-10,15H,1-2,5-7H2,(H,20,22)(H,23,24)/t15-/m1/s1. The highest BCUT2D eigenvalue weighted by Crippen LogP contribution is 2.23. The van der Waals surface area contributed by atoms with E-state index in [2.05, 4.69) is 10.3 Å². The van der Waals surface area contributed by atoms with Gasteiger partial charge < -0.3 is 19.7 Å². The zero-order valence-corrected chi connectivity index (χ0v) is 14.2. The molecule has 0 unspecified atom stereocenters. The third-order valence-corrected chi connectivity index (χ3v) is 4.29. The second-order valence-corrected chi connectivity index (χ2v) is 6.28. The number of imidazole rings is 1. The molecule has 0 saturated heterocycles. The van der Waals surface area contributed by atoms with Gasteiger partial charge in [0.05, 0.1) is 29.2 Å². The van der Waals surface area contributed by atoms with Crippen LogP contribution < -0.4 is 10.1 Å². The van der Waals surface area contributed by atoms with Gasteiger partial charge in [0.25, 0.3) is 5.91 Å². The van der Waals surface area contributed by atoms with E-state index in [0.717, 1.165) is 19.4 Å². The Morgan fingerprint density at radius 2 is 2.24 bits per heavy atom. The van der Waals surface area contributed by atoms with Gasteiger partial charge in [-0.05, 0) is 31.0 Å². The molecule has 3 rings (SSSR count). The van der Waals surface area contributed by atoms with E-state index >= 15 is 0 Å². The molecular weight excluding hydrogens is 346 g/mol. The number of benzene rings is 1. The number of aryl methyl sites for hydroxylation is 1. The zero-order valence-electron chi connectivity index (χ0n) is 13.4. The van der Waals surface area contributed by atoms with E-state index in [-0.39, 0.29) is 17.0 Å². The predicted molar refractivity (Wildman–Crippen MR) is 91.0 cm³/mol. The summed E-state index contributed by atoms with van der Waals surface area (Å²) in [6.07, 6.45) is 5.31. The van der Waals surface area contributed by atoms with Crippen molar-refractivity contribution in [2.75, 3.05) is 6.61 Å². The summed E-state index contributed by atoms with van der Waals surface area (Å²) in [6.45, 7) is 1.29. The van der Waals surface area contributed by atoms with Gasteiger partial charge >= 0.3 is 5.97 Å². The third-order valence-electron chi connectivity index (χ3n) is 3.97. The average molecular weight is 364 g/mol. The van der Waals surface area contributed by atoms with Crippen LogP contribution in [0.5, 0.6) is 5.75 Å². The lowest BCUT2D eigenvalue weighted by Crippen LogP contribution is -2.42. The largest absolute Gasteiger partial charge is 0.494 e. The Bertz CT molecular complexity index is 790. The van der Waals surface area contributed by atoms with Gasteiger partial charge in [-0.1, -0.05) is 11.6 Å². The summed E-state index contributed by atoms with van der Waals surface area (Å²) < 4.78 is 7.57. The molecule has 1 aromatic heterocycles. The molecule has 1 aliphatic heterocycles. The van der Waals surface area contributed by atoms with Crippen LogP contribution in [0.15, 0.2) is 30.7 Å². The second-order valence-electron chi connectivity index (χ2n) is 5.87. The second kappa shape index (κ2) is 7.57. The van der Waals surface area contributed by atoms with Crippen molar-refractivity contribution in [3.8, 4) is 5.75 Å². The van der Waals surface area contributed by atoms with Gasteiger partial charge in [-0.2, -0.15) is 0 Å². The lowest BCUT2D eigenvalue weighted by molar-refractivity contribution is -0.139. The molecule has 1 aromatic carbocycles. The summed E-state index contributed by atoms with van der Waals surface area (Å²) in [5, 5.41) is 12.2. The first-order chi connectivity index (χ1) is 12.0. The predicted octanol–water partition coefficient (Wildman–Crippen LogP) is 2.13. The lowest BCUT2D eigenvalue weighted by Gasteiger charge is -2.15. The maximum absolute atomic E-state index is 12.5. The number of carboxylic acids is 1. The Kier molecular flexibility index (Phi) is 5.23. The number of carbonyl (C=O) groups excluding carboxylic acids is 1. The van der Waals surface area contributed by atoms with E-state index in [4.69, 9.17) is 16.3 Å². The van der Waals surface area contributed by atoms with Crippen molar-refractivity contribution >= 4 is 23.5 Å². The number of fused-ring (bicyclic) bond motifs is 4. The first-order valence-corrected chi connectivity index (χ1v) is 8.37. The van der Waals surface area contributed by atoms with Crippen molar-refractivity contribution in [1.29, 1.82) is 0 Å². The van der Waals surface area contributed by atoms with Crippen LogP contribution in [-0.2, 0) is 17.8 Å². The van der Waals surface area contributed by atoms with E-state index in [0.29, 0.717) is 18.1 Å². The molecule has 1 aliphatic rings. The van der Waals surface area contributed by atoms with Gasteiger partial charge in [-0.25, -0.2) is 9.78 Å². The van der Waals surface area contributed by atoms with Crippen LogP contribution in [0.2, 0.25) is 5.02 Å². The SMILES string of the molecule is O=C1N[C@@H](C(=O)O)Cc2cn(cn2)CCCCOc2ccc(Cl)c1c2. The van der Waals surface area contributed by atoms with E-state index < -0.39 is 17.9 Å². The molecule has 0 radical (unpaired) electrons. The smallest absolute Gasteiger partial charge is 0.326 e. The van der Waals surface area contributed by atoms with E-state index in [1.807, 2.05) is 4.57 Å². The van der Waals surface area contributed by atoms with Crippen LogP contribution in [0.25, 0.3) is 0 Å². The lowest BCUT2D eigenvalue weighted by atomic mass is 10.1. The minimum absolute atomic E-state index is 0.0991. The topological polar surface area (TPSA) is 93.5 Å². The average Bonchev–Trinajstić information content (AvgIpc) is 3.01. The molecular formula is C17H18ClN3O4. The normalized spacial score (nSPS) is 18.4. The van der Waals surface area contributed by atoms with Crippen LogP contribution >= 0.6 is 11.6 Å². The summed E-state index contributed by atoms with van der Waals surface area (Å²) in [5.41, 5.74) is 0.796. The summed E-state index contributed by atoms with van der Waals surface area (Å²) in [5.74, 6) is -1.16. The van der Waals surface area contributed by atoms with Gasteiger partial charge in [0.15, 0.2) is 0 Å². The van der Waals surface area contributed by atoms with Crippen molar-refractivity contribution in [3.05, 3.63) is 47.0 Å². The highest BCUT2D eigenvalue weighted by molar-refractivity contribution is 6.34. The Morgan fingerprint density at radius 1 is 1.40 bits per heavy atom. The fourth-order valence-electron chi connectivity index (χ4n) is 2.63. The van der Waals surface area contributed by atoms with Crippen molar-refractivity contribution in [2.24, 2.45) is 0 Å². The summed E-state index contributed by atoms with van der Waals surface area (Å²) in [7, 11) is 0. The van der Waals surface area contributed by atoms with Crippen LogP contribution in [0.4, 0.5) is 0 Å². The van der Waals surface area contributed by atoms with Gasteiger partial charge in [0.2, 0.25) is 0 Å². The Balaban J connectivity index is 1.90. The highest BCUT2D eigenvalue weighted by atomic mass is 35.5. The summed E-state index contributed by atoms with van der Waals surface area (Å²) in [4.78, 5) is 28.2. The molecule has 2 aromatic rings. The maximum atomic E-state index is 12.5. The van der Waals surface area contributed by atoms with Crippen LogP contribution in [-0.4, -0.2) is 39.2 Å². The molecule has 2 N–H and O–H groups in total. The van der Waals surface area contributed by atoms with Crippen LogP contribution in [0.3, 0.4) is 0 Å². The van der Waals surface area contributed by atoms with Crippen molar-refractivity contribution < 1.29 is 19.4 Å². The van der Waals surface area contributed by atoms with Crippen molar-refractivity contribution in [1.82, 2.24) is 14.9 Å². The number of ether oxygens (including phenoxy) is 1. The number of halogens is 1. The van der Waals surface area contributed by atoms with E-state index in [1.54, 1.807) is 24.7 Å².